The Kier molecular flexibility index (Phi) is 4.17. The number of thiophene rings is 1. The Hall–Kier alpha value is -2.05. The predicted molar refractivity (Wildman–Crippen MR) is 106 cm³/mol. The minimum atomic E-state index is -3.14. The van der Waals surface area contributed by atoms with Gasteiger partial charge in [-0.1, -0.05) is 6.07 Å². The molecule has 3 aromatic rings. The third-order valence-electron chi connectivity index (χ3n) is 4.72. The fourth-order valence-electron chi connectivity index (χ4n) is 3.36. The molecule has 1 saturated heterocycles. The zero-order valence-electron chi connectivity index (χ0n) is 14.1. The molecule has 0 unspecified atom stereocenters. The maximum Gasteiger partial charge on any atom is 0.175 e. The summed E-state index contributed by atoms with van der Waals surface area (Å²) < 4.78 is 24.5. The average Bonchev–Trinajstić information content (AvgIpc) is 3.10. The first-order valence-corrected chi connectivity index (χ1v) is 11.1. The highest BCUT2D eigenvalue weighted by molar-refractivity contribution is 7.90. The summed E-state index contributed by atoms with van der Waals surface area (Å²) in [7, 11) is -3.14. The van der Waals surface area contributed by atoms with Crippen LogP contribution in [0.5, 0.6) is 0 Å². The fraction of sp³-hybridized carbons (Fsp3) is 0.263. The van der Waals surface area contributed by atoms with E-state index in [0.717, 1.165) is 31.9 Å². The Bertz CT molecular complexity index is 986. The third kappa shape index (κ3) is 3.24. The first-order chi connectivity index (χ1) is 12.0. The first-order valence-electron chi connectivity index (χ1n) is 8.29. The van der Waals surface area contributed by atoms with E-state index in [1.54, 1.807) is 23.5 Å². The van der Waals surface area contributed by atoms with Gasteiger partial charge in [-0.25, -0.2) is 8.42 Å². The van der Waals surface area contributed by atoms with Gasteiger partial charge in [0.05, 0.1) is 4.90 Å². The predicted octanol–water partition coefficient (Wildman–Crippen LogP) is 3.63. The summed E-state index contributed by atoms with van der Waals surface area (Å²) in [5.74, 6) is 0. The van der Waals surface area contributed by atoms with Gasteiger partial charge in [-0.15, -0.1) is 11.3 Å². The molecule has 4 nitrogen and oxygen atoms in total. The van der Waals surface area contributed by atoms with Crippen molar-refractivity contribution in [3.8, 4) is 0 Å². The van der Waals surface area contributed by atoms with Gasteiger partial charge < -0.3 is 9.80 Å². The molecule has 6 heteroatoms. The van der Waals surface area contributed by atoms with Crippen LogP contribution in [0.2, 0.25) is 0 Å². The Morgan fingerprint density at radius 2 is 1.56 bits per heavy atom. The van der Waals surface area contributed by atoms with E-state index in [-0.39, 0.29) is 0 Å². The van der Waals surface area contributed by atoms with E-state index in [2.05, 4.69) is 39.4 Å². The van der Waals surface area contributed by atoms with Crippen LogP contribution >= 0.6 is 11.3 Å². The first kappa shape index (κ1) is 16.4. The average molecular weight is 373 g/mol. The summed E-state index contributed by atoms with van der Waals surface area (Å²) in [5, 5.41) is 3.48. The molecule has 1 aromatic heterocycles. The van der Waals surface area contributed by atoms with Gasteiger partial charge in [0.2, 0.25) is 0 Å². The maximum absolute atomic E-state index is 11.6. The number of sulfone groups is 1. The molecule has 0 N–H and O–H groups in total. The van der Waals surface area contributed by atoms with Gasteiger partial charge in [-0.05, 0) is 47.8 Å². The largest absolute Gasteiger partial charge is 0.368 e. The smallest absolute Gasteiger partial charge is 0.175 e. The van der Waals surface area contributed by atoms with Crippen molar-refractivity contribution in [2.24, 2.45) is 0 Å². The summed E-state index contributed by atoms with van der Waals surface area (Å²) in [4.78, 5) is 5.13. The summed E-state index contributed by atoms with van der Waals surface area (Å²) in [6.45, 7) is 3.78. The Balaban J connectivity index is 1.49. The van der Waals surface area contributed by atoms with Crippen LogP contribution in [0.25, 0.3) is 10.1 Å². The molecule has 2 heterocycles. The van der Waals surface area contributed by atoms with Gasteiger partial charge in [-0.3, -0.25) is 0 Å². The van der Waals surface area contributed by atoms with Crippen molar-refractivity contribution >= 4 is 42.6 Å². The zero-order valence-corrected chi connectivity index (χ0v) is 15.7. The van der Waals surface area contributed by atoms with Crippen LogP contribution in [0.15, 0.2) is 58.8 Å². The van der Waals surface area contributed by atoms with Crippen molar-refractivity contribution in [1.82, 2.24) is 0 Å². The topological polar surface area (TPSA) is 40.6 Å². The summed E-state index contributed by atoms with van der Waals surface area (Å²) >= 11 is 1.78. The Morgan fingerprint density at radius 3 is 2.24 bits per heavy atom. The molecule has 0 atom stereocenters. The molecule has 130 valence electrons. The molecule has 0 aliphatic carbocycles. The molecule has 4 rings (SSSR count). The number of rotatable bonds is 3. The van der Waals surface area contributed by atoms with Crippen LogP contribution in [0.3, 0.4) is 0 Å². The van der Waals surface area contributed by atoms with E-state index in [4.69, 9.17) is 0 Å². The van der Waals surface area contributed by atoms with Crippen molar-refractivity contribution in [2.75, 3.05) is 42.2 Å². The lowest BCUT2D eigenvalue weighted by Crippen LogP contribution is -2.46. The lowest BCUT2D eigenvalue weighted by atomic mass is 10.1. The second-order valence-corrected chi connectivity index (χ2v) is 9.31. The Morgan fingerprint density at radius 1 is 0.880 bits per heavy atom. The summed E-state index contributed by atoms with van der Waals surface area (Å²) in [6, 6.07) is 15.9. The molecule has 1 fully saturated rings. The summed E-state index contributed by atoms with van der Waals surface area (Å²) in [6.07, 6.45) is 1.24. The van der Waals surface area contributed by atoms with Crippen LogP contribution in [0, 0.1) is 0 Å². The van der Waals surface area contributed by atoms with E-state index in [0.29, 0.717) is 4.90 Å². The van der Waals surface area contributed by atoms with Gasteiger partial charge in [0.25, 0.3) is 0 Å². The highest BCUT2D eigenvalue weighted by Crippen LogP contribution is 2.31. The van der Waals surface area contributed by atoms with E-state index in [1.165, 1.54) is 22.0 Å². The van der Waals surface area contributed by atoms with Crippen molar-refractivity contribution in [2.45, 2.75) is 4.90 Å². The normalized spacial score (nSPS) is 15.7. The van der Waals surface area contributed by atoms with E-state index >= 15 is 0 Å². The Labute approximate surface area is 152 Å². The number of nitrogens with zero attached hydrogens (tertiary/aromatic N) is 2. The van der Waals surface area contributed by atoms with Gasteiger partial charge in [0.1, 0.15) is 0 Å². The minimum absolute atomic E-state index is 0.374. The van der Waals surface area contributed by atoms with Crippen LogP contribution in [0.1, 0.15) is 0 Å². The molecule has 25 heavy (non-hydrogen) atoms. The molecular formula is C19H20N2O2S2. The lowest BCUT2D eigenvalue weighted by Gasteiger charge is -2.37. The molecule has 0 spiro atoms. The van der Waals surface area contributed by atoms with Gasteiger partial charge in [0, 0.05) is 53.9 Å². The lowest BCUT2D eigenvalue weighted by molar-refractivity contribution is 0.602. The van der Waals surface area contributed by atoms with Gasteiger partial charge in [-0.2, -0.15) is 0 Å². The minimum Gasteiger partial charge on any atom is -0.368 e. The number of piperazine rings is 1. The highest BCUT2D eigenvalue weighted by Gasteiger charge is 2.19. The molecule has 1 aliphatic rings. The number of anilines is 2. The monoisotopic (exact) mass is 372 g/mol. The molecule has 1 aliphatic heterocycles. The molecule has 0 radical (unpaired) electrons. The molecular weight excluding hydrogens is 352 g/mol. The highest BCUT2D eigenvalue weighted by atomic mass is 32.2. The van der Waals surface area contributed by atoms with E-state index in [1.807, 2.05) is 12.1 Å². The van der Waals surface area contributed by atoms with Crippen molar-refractivity contribution in [3.63, 3.8) is 0 Å². The molecule has 0 saturated carbocycles. The fourth-order valence-corrected chi connectivity index (χ4v) is 4.80. The standard InChI is InChI=1S/C19H20N2O2S2/c1-25(22,23)16-7-5-15(6-8-16)20-10-12-21(13-11-20)18-3-2-4-19-17(18)9-14-24-19/h2-9,14H,10-13H2,1H3. The number of hydrogen-bond acceptors (Lipinski definition) is 5. The SMILES string of the molecule is CS(=O)(=O)c1ccc(N2CCN(c3cccc4sccc34)CC2)cc1. The van der Waals surface area contributed by atoms with Crippen LogP contribution < -0.4 is 9.80 Å². The van der Waals surface area contributed by atoms with Crippen molar-refractivity contribution in [1.29, 1.82) is 0 Å². The number of benzene rings is 2. The molecule has 2 aromatic carbocycles. The van der Waals surface area contributed by atoms with Crippen LogP contribution in [0.4, 0.5) is 11.4 Å². The van der Waals surface area contributed by atoms with E-state index < -0.39 is 9.84 Å². The molecule has 0 amide bonds. The number of hydrogen-bond donors (Lipinski definition) is 0. The second-order valence-electron chi connectivity index (χ2n) is 6.35. The number of fused-ring (bicyclic) bond motifs is 1. The zero-order chi connectivity index (χ0) is 17.4. The van der Waals surface area contributed by atoms with Crippen LogP contribution in [-0.4, -0.2) is 40.9 Å². The quantitative estimate of drug-likeness (QED) is 0.704. The van der Waals surface area contributed by atoms with Gasteiger partial charge in [0.15, 0.2) is 9.84 Å². The van der Waals surface area contributed by atoms with Crippen molar-refractivity contribution in [3.05, 3.63) is 53.9 Å². The van der Waals surface area contributed by atoms with Crippen LogP contribution in [-0.2, 0) is 9.84 Å². The second kappa shape index (κ2) is 6.35. The third-order valence-corrected chi connectivity index (χ3v) is 6.73. The van der Waals surface area contributed by atoms with Crippen molar-refractivity contribution < 1.29 is 8.42 Å². The van der Waals surface area contributed by atoms with E-state index in [9.17, 15) is 8.42 Å². The van der Waals surface area contributed by atoms with Gasteiger partial charge >= 0.3 is 0 Å². The molecule has 0 bridgehead atoms. The summed E-state index contributed by atoms with van der Waals surface area (Å²) in [5.41, 5.74) is 2.40. The maximum atomic E-state index is 11.6.